The Bertz CT molecular complexity index is 1430. The number of primary amides is 1. The number of phenols is 1. The van der Waals surface area contributed by atoms with Gasteiger partial charge in [0.25, 0.3) is 0 Å². The molecule has 1 aliphatic rings. The zero-order valence-corrected chi connectivity index (χ0v) is 20.3. The largest absolute Gasteiger partial charge is 0.507 e. The van der Waals surface area contributed by atoms with Gasteiger partial charge in [-0.3, -0.25) is 4.98 Å². The number of aromatic hydroxyl groups is 1. The van der Waals surface area contributed by atoms with Gasteiger partial charge in [0, 0.05) is 53.1 Å². The van der Waals surface area contributed by atoms with Gasteiger partial charge >= 0.3 is 12.0 Å². The Morgan fingerprint density at radius 2 is 1.84 bits per heavy atom. The summed E-state index contributed by atoms with van der Waals surface area (Å²) in [6.45, 7) is 0.493. The van der Waals surface area contributed by atoms with Gasteiger partial charge in [0.1, 0.15) is 23.2 Å². The smallest absolute Gasteiger partial charge is 0.344 e. The number of nitrogens with two attached hydrogens (primary N) is 1. The third-order valence-corrected chi connectivity index (χ3v) is 7.40. The van der Waals surface area contributed by atoms with Crippen LogP contribution in [0.2, 0.25) is 0 Å². The van der Waals surface area contributed by atoms with E-state index in [4.69, 9.17) is 14.9 Å². The number of aliphatic hydroxyl groups excluding tert-OH is 1. The number of amides is 2. The number of urea groups is 1. The van der Waals surface area contributed by atoms with Gasteiger partial charge < -0.3 is 30.0 Å². The number of nitrogens with zero attached hydrogens (tertiary/aromatic N) is 2. The monoisotopic (exact) mass is 503 g/mol. The van der Waals surface area contributed by atoms with E-state index in [9.17, 15) is 19.8 Å². The van der Waals surface area contributed by atoms with E-state index in [0.717, 1.165) is 24.8 Å². The number of hydrogen-bond acceptors (Lipinski definition) is 7. The Hall–Kier alpha value is -4.11. The first kappa shape index (κ1) is 24.6. The van der Waals surface area contributed by atoms with E-state index in [0.29, 0.717) is 52.7 Å². The summed E-state index contributed by atoms with van der Waals surface area (Å²) in [6.07, 6.45) is 7.98. The van der Waals surface area contributed by atoms with E-state index in [1.165, 1.54) is 6.26 Å². The molecule has 192 valence electrons. The molecule has 2 amide bonds. The Labute approximate surface area is 213 Å². The minimum absolute atomic E-state index is 0.0768. The first-order chi connectivity index (χ1) is 18.0. The molecule has 1 aliphatic heterocycles. The molecule has 1 unspecified atom stereocenters. The van der Waals surface area contributed by atoms with Crippen molar-refractivity contribution in [3.05, 3.63) is 71.7 Å². The van der Waals surface area contributed by atoms with Crippen molar-refractivity contribution in [2.75, 3.05) is 19.9 Å². The van der Waals surface area contributed by atoms with Crippen molar-refractivity contribution in [3.63, 3.8) is 0 Å². The van der Waals surface area contributed by atoms with Gasteiger partial charge in [0.15, 0.2) is 6.79 Å². The van der Waals surface area contributed by atoms with Crippen LogP contribution in [0.1, 0.15) is 53.1 Å². The lowest BCUT2D eigenvalue weighted by molar-refractivity contribution is 0.00694. The molecule has 0 saturated carbocycles. The van der Waals surface area contributed by atoms with Crippen molar-refractivity contribution in [1.29, 1.82) is 0 Å². The van der Waals surface area contributed by atoms with E-state index >= 15 is 0 Å². The fourth-order valence-corrected chi connectivity index (χ4v) is 5.52. The van der Waals surface area contributed by atoms with Gasteiger partial charge in [-0.05, 0) is 49.3 Å². The van der Waals surface area contributed by atoms with Gasteiger partial charge in [-0.1, -0.05) is 24.3 Å². The van der Waals surface area contributed by atoms with Crippen molar-refractivity contribution in [2.45, 2.75) is 31.6 Å². The number of likely N-dealkylation sites (tertiary alicyclic amines) is 1. The van der Waals surface area contributed by atoms with Crippen LogP contribution in [-0.4, -0.2) is 52.0 Å². The molecule has 5 rings (SSSR count). The van der Waals surface area contributed by atoms with E-state index in [2.05, 4.69) is 4.98 Å². The van der Waals surface area contributed by atoms with Crippen LogP contribution in [0.3, 0.4) is 0 Å². The third-order valence-electron chi connectivity index (χ3n) is 7.40. The maximum absolute atomic E-state index is 12.8. The van der Waals surface area contributed by atoms with Gasteiger partial charge in [0.05, 0.1) is 0 Å². The first-order valence-corrected chi connectivity index (χ1v) is 12.4. The molecular weight excluding hydrogens is 474 g/mol. The standard InChI is InChI=1S/C28H29N3O6/c29-28(35)31-13-9-17(10-14-31)5-6-19(18-7-11-30-12-8-18)23-24-22(27(34)37-16-32)15-36-26(24)21-4-2-1-3-20(21)25(23)33/h1-4,7-8,11-12,15,17,19,32-33H,5-6,9-10,13-14,16H2,(H2,29,35). The summed E-state index contributed by atoms with van der Waals surface area (Å²) in [5, 5.41) is 22.6. The molecule has 0 radical (unpaired) electrons. The van der Waals surface area contributed by atoms with Crippen LogP contribution in [0, 0.1) is 5.92 Å². The van der Waals surface area contributed by atoms with Crippen LogP contribution in [0.15, 0.2) is 59.5 Å². The number of phenolic OH excluding ortho intramolecular Hbond substituents is 1. The summed E-state index contributed by atoms with van der Waals surface area (Å²) >= 11 is 0. The topological polar surface area (TPSA) is 139 Å². The number of hydrogen-bond donors (Lipinski definition) is 3. The molecule has 9 heteroatoms. The number of carbonyl (C=O) groups is 2. The molecule has 9 nitrogen and oxygen atoms in total. The van der Waals surface area contributed by atoms with E-state index < -0.39 is 12.8 Å². The molecule has 2 aromatic carbocycles. The number of aliphatic hydroxyl groups is 1. The Kier molecular flexibility index (Phi) is 6.96. The number of ether oxygens (including phenoxy) is 1. The zero-order valence-electron chi connectivity index (χ0n) is 20.3. The minimum Gasteiger partial charge on any atom is -0.507 e. The first-order valence-electron chi connectivity index (χ1n) is 12.4. The molecular formula is C28H29N3O6. The quantitative estimate of drug-likeness (QED) is 0.249. The highest BCUT2D eigenvalue weighted by atomic mass is 16.6. The SMILES string of the molecule is NC(=O)N1CCC(CCC(c2ccncc2)c2c(O)c3ccccc3c3occ(C(=O)OCO)c23)CC1. The summed E-state index contributed by atoms with van der Waals surface area (Å²) in [7, 11) is 0. The number of rotatable bonds is 7. The minimum atomic E-state index is -0.766. The van der Waals surface area contributed by atoms with Crippen molar-refractivity contribution >= 4 is 33.7 Å². The molecule has 37 heavy (non-hydrogen) atoms. The van der Waals surface area contributed by atoms with Crippen LogP contribution in [-0.2, 0) is 4.74 Å². The molecule has 4 N–H and O–H groups in total. The summed E-state index contributed by atoms with van der Waals surface area (Å²) in [5.74, 6) is -0.541. The van der Waals surface area contributed by atoms with Crippen LogP contribution in [0.25, 0.3) is 21.7 Å². The van der Waals surface area contributed by atoms with Crippen LogP contribution >= 0.6 is 0 Å². The average molecular weight is 504 g/mol. The number of piperidine rings is 1. The maximum atomic E-state index is 12.8. The summed E-state index contributed by atoms with van der Waals surface area (Å²) in [4.78, 5) is 30.1. The Balaban J connectivity index is 1.62. The highest BCUT2D eigenvalue weighted by Gasteiger charge is 2.30. The lowest BCUT2D eigenvalue weighted by Gasteiger charge is -2.32. The molecule has 0 aliphatic carbocycles. The van der Waals surface area contributed by atoms with Crippen LogP contribution < -0.4 is 5.73 Å². The molecule has 1 saturated heterocycles. The van der Waals surface area contributed by atoms with Crippen molar-refractivity contribution in [3.8, 4) is 5.75 Å². The van der Waals surface area contributed by atoms with Crippen molar-refractivity contribution < 1.29 is 29.0 Å². The number of benzene rings is 2. The second-order valence-corrected chi connectivity index (χ2v) is 9.40. The molecule has 1 fully saturated rings. The van der Waals surface area contributed by atoms with Gasteiger partial charge in [-0.25, -0.2) is 9.59 Å². The number of furan rings is 1. The third kappa shape index (κ3) is 4.70. The predicted octanol–water partition coefficient (Wildman–Crippen LogP) is 4.50. The van der Waals surface area contributed by atoms with Crippen LogP contribution in [0.5, 0.6) is 5.75 Å². The maximum Gasteiger partial charge on any atom is 0.344 e. The number of pyridine rings is 1. The van der Waals surface area contributed by atoms with Gasteiger partial charge in [0.2, 0.25) is 0 Å². The lowest BCUT2D eigenvalue weighted by Crippen LogP contribution is -2.41. The summed E-state index contributed by atoms with van der Waals surface area (Å²) in [6, 6.07) is 10.8. The second kappa shape index (κ2) is 10.5. The van der Waals surface area contributed by atoms with E-state index in [-0.39, 0.29) is 23.3 Å². The molecule has 2 aromatic heterocycles. The number of carbonyl (C=O) groups excluding carboxylic acids is 2. The van der Waals surface area contributed by atoms with E-state index in [1.807, 2.05) is 36.4 Å². The summed E-state index contributed by atoms with van der Waals surface area (Å²) in [5.41, 5.74) is 7.58. The lowest BCUT2D eigenvalue weighted by atomic mass is 9.80. The number of fused-ring (bicyclic) bond motifs is 3. The fraction of sp³-hybridized carbons (Fsp3) is 0.321. The predicted molar refractivity (Wildman–Crippen MR) is 137 cm³/mol. The van der Waals surface area contributed by atoms with Crippen molar-refractivity contribution in [1.82, 2.24) is 9.88 Å². The molecule has 1 atom stereocenters. The highest BCUT2D eigenvalue weighted by Crippen LogP contribution is 2.47. The molecule has 0 bridgehead atoms. The second-order valence-electron chi connectivity index (χ2n) is 9.40. The molecule has 0 spiro atoms. The molecule has 4 aromatic rings. The Morgan fingerprint density at radius 1 is 1.14 bits per heavy atom. The number of aromatic nitrogens is 1. The van der Waals surface area contributed by atoms with Crippen molar-refractivity contribution in [2.24, 2.45) is 11.7 Å². The van der Waals surface area contributed by atoms with E-state index in [1.54, 1.807) is 17.3 Å². The van der Waals surface area contributed by atoms with Gasteiger partial charge in [-0.15, -0.1) is 0 Å². The average Bonchev–Trinajstić information content (AvgIpc) is 3.36. The van der Waals surface area contributed by atoms with Gasteiger partial charge in [-0.2, -0.15) is 0 Å². The number of esters is 1. The van der Waals surface area contributed by atoms with Crippen LogP contribution in [0.4, 0.5) is 4.79 Å². The zero-order chi connectivity index (χ0) is 25.9. The fourth-order valence-electron chi connectivity index (χ4n) is 5.52. The summed E-state index contributed by atoms with van der Waals surface area (Å²) < 4.78 is 10.8. The highest BCUT2D eigenvalue weighted by molar-refractivity contribution is 6.16. The Morgan fingerprint density at radius 3 is 2.51 bits per heavy atom. The molecule has 3 heterocycles. The normalized spacial score (nSPS) is 15.2.